The van der Waals surface area contributed by atoms with E-state index in [1.54, 1.807) is 0 Å². The minimum absolute atomic E-state index is 0. The quantitative estimate of drug-likeness (QED) is 0.832. The fourth-order valence-corrected chi connectivity index (χ4v) is 1.78. The third-order valence-corrected chi connectivity index (χ3v) is 3.33. The summed E-state index contributed by atoms with van der Waals surface area (Å²) in [5.41, 5.74) is 8.34. The van der Waals surface area contributed by atoms with Crippen molar-refractivity contribution in [3.05, 3.63) is 17.0 Å². The van der Waals surface area contributed by atoms with E-state index in [1.165, 1.54) is 0 Å². The number of nitrogens with zero attached hydrogens (tertiary/aromatic N) is 2. The zero-order valence-electron chi connectivity index (χ0n) is 10.4. The number of carbonyl (C=O) groups excluding carboxylic acids is 1. The van der Waals surface area contributed by atoms with Gasteiger partial charge in [-0.15, -0.1) is 12.4 Å². The molecule has 96 valence electrons. The summed E-state index contributed by atoms with van der Waals surface area (Å²) in [7, 11) is 1.90. The van der Waals surface area contributed by atoms with Crippen LogP contribution in [0.1, 0.15) is 29.8 Å². The maximum absolute atomic E-state index is 11.7. The van der Waals surface area contributed by atoms with Crippen LogP contribution < -0.4 is 11.1 Å². The van der Waals surface area contributed by atoms with Crippen molar-refractivity contribution in [1.29, 1.82) is 0 Å². The van der Waals surface area contributed by atoms with Crippen LogP contribution in [0.15, 0.2) is 0 Å². The molecule has 1 heterocycles. The lowest BCUT2D eigenvalue weighted by molar-refractivity contribution is -0.123. The largest absolute Gasteiger partial charge is 0.350 e. The molecule has 0 radical (unpaired) electrons. The molecule has 0 unspecified atom stereocenters. The number of halogens is 1. The van der Waals surface area contributed by atoms with E-state index in [2.05, 4.69) is 10.4 Å². The molecular formula is C11H19ClN4O. The Bertz CT molecular complexity index is 437. The molecule has 3 N–H and O–H groups in total. The van der Waals surface area contributed by atoms with Crippen molar-refractivity contribution in [2.75, 3.05) is 0 Å². The number of nitrogens with one attached hydrogen (secondary N) is 1. The van der Waals surface area contributed by atoms with E-state index in [1.807, 2.05) is 25.6 Å². The van der Waals surface area contributed by atoms with Gasteiger partial charge >= 0.3 is 0 Å². The Morgan fingerprint density at radius 3 is 2.53 bits per heavy atom. The monoisotopic (exact) mass is 258 g/mol. The van der Waals surface area contributed by atoms with Gasteiger partial charge in [-0.2, -0.15) is 5.10 Å². The van der Waals surface area contributed by atoms with Gasteiger partial charge in [0.25, 0.3) is 0 Å². The Kier molecular flexibility index (Phi) is 3.84. The summed E-state index contributed by atoms with van der Waals surface area (Å²) in [5, 5.41) is 7.18. The smallest absolute Gasteiger partial charge is 0.240 e. The molecule has 0 bridgehead atoms. The van der Waals surface area contributed by atoms with Gasteiger partial charge in [0.15, 0.2) is 0 Å². The van der Waals surface area contributed by atoms with Crippen molar-refractivity contribution in [1.82, 2.24) is 15.1 Å². The first-order valence-electron chi connectivity index (χ1n) is 5.50. The standard InChI is InChI=1S/C11H18N4O.ClH/c1-7-9(8(2)15(3)14-7)6-13-10(16)11(12)4-5-11;/h4-6,12H2,1-3H3,(H,13,16);1H. The lowest BCUT2D eigenvalue weighted by atomic mass is 10.2. The predicted octanol–water partition coefficient (Wildman–Crippen LogP) is 0.566. The zero-order chi connectivity index (χ0) is 11.9. The number of aryl methyl sites for hydroxylation is 2. The molecule has 1 saturated carbocycles. The molecule has 1 amide bonds. The second kappa shape index (κ2) is 4.66. The summed E-state index contributed by atoms with van der Waals surface area (Å²) in [4.78, 5) is 11.7. The van der Waals surface area contributed by atoms with Gasteiger partial charge in [-0.3, -0.25) is 9.48 Å². The lowest BCUT2D eigenvalue weighted by Crippen LogP contribution is -2.42. The number of amides is 1. The molecule has 1 fully saturated rings. The third-order valence-electron chi connectivity index (χ3n) is 3.33. The van der Waals surface area contributed by atoms with Crippen LogP contribution in [0.25, 0.3) is 0 Å². The van der Waals surface area contributed by atoms with Gasteiger partial charge in [0.2, 0.25) is 5.91 Å². The third kappa shape index (κ3) is 2.61. The predicted molar refractivity (Wildman–Crippen MR) is 67.9 cm³/mol. The Morgan fingerprint density at radius 2 is 2.12 bits per heavy atom. The molecule has 0 spiro atoms. The average molecular weight is 259 g/mol. The average Bonchev–Trinajstić information content (AvgIpc) is 2.91. The topological polar surface area (TPSA) is 72.9 Å². The van der Waals surface area contributed by atoms with E-state index in [4.69, 9.17) is 5.73 Å². The zero-order valence-corrected chi connectivity index (χ0v) is 11.2. The Labute approximate surface area is 107 Å². The summed E-state index contributed by atoms with van der Waals surface area (Å²) in [6, 6.07) is 0. The van der Waals surface area contributed by atoms with E-state index in [0.29, 0.717) is 6.54 Å². The van der Waals surface area contributed by atoms with Crippen molar-refractivity contribution in [2.45, 2.75) is 38.8 Å². The van der Waals surface area contributed by atoms with Crippen molar-refractivity contribution < 1.29 is 4.79 Å². The summed E-state index contributed by atoms with van der Waals surface area (Å²) in [5.74, 6) is -0.0462. The highest BCUT2D eigenvalue weighted by Crippen LogP contribution is 2.32. The van der Waals surface area contributed by atoms with E-state index in [-0.39, 0.29) is 18.3 Å². The molecule has 1 aliphatic rings. The van der Waals surface area contributed by atoms with Crippen LogP contribution in [-0.4, -0.2) is 21.2 Å². The highest BCUT2D eigenvalue weighted by Gasteiger charge is 2.45. The maximum Gasteiger partial charge on any atom is 0.240 e. The van der Waals surface area contributed by atoms with Crippen molar-refractivity contribution in [3.8, 4) is 0 Å². The van der Waals surface area contributed by atoms with Crippen molar-refractivity contribution >= 4 is 18.3 Å². The minimum Gasteiger partial charge on any atom is -0.350 e. The summed E-state index contributed by atoms with van der Waals surface area (Å²) >= 11 is 0. The van der Waals surface area contributed by atoms with Crippen molar-refractivity contribution in [3.63, 3.8) is 0 Å². The first-order valence-corrected chi connectivity index (χ1v) is 5.50. The summed E-state index contributed by atoms with van der Waals surface area (Å²) in [6.45, 7) is 4.46. The van der Waals surface area contributed by atoms with Gasteiger partial charge in [-0.1, -0.05) is 0 Å². The van der Waals surface area contributed by atoms with Crippen molar-refractivity contribution in [2.24, 2.45) is 12.8 Å². The fraction of sp³-hybridized carbons (Fsp3) is 0.636. The van der Waals surface area contributed by atoms with E-state index >= 15 is 0 Å². The van der Waals surface area contributed by atoms with E-state index in [0.717, 1.165) is 29.8 Å². The molecule has 17 heavy (non-hydrogen) atoms. The molecule has 0 saturated heterocycles. The lowest BCUT2D eigenvalue weighted by Gasteiger charge is -2.10. The van der Waals surface area contributed by atoms with Gasteiger partial charge in [-0.05, 0) is 26.7 Å². The fourth-order valence-electron chi connectivity index (χ4n) is 1.78. The maximum atomic E-state index is 11.7. The second-order valence-electron chi connectivity index (χ2n) is 4.61. The summed E-state index contributed by atoms with van der Waals surface area (Å²) < 4.78 is 1.83. The van der Waals surface area contributed by atoms with Crippen LogP contribution >= 0.6 is 12.4 Å². The molecule has 0 aliphatic heterocycles. The van der Waals surface area contributed by atoms with E-state index in [9.17, 15) is 4.79 Å². The molecule has 1 aromatic rings. The Morgan fingerprint density at radius 1 is 1.53 bits per heavy atom. The Hall–Kier alpha value is -1.07. The van der Waals surface area contributed by atoms with Gasteiger partial charge in [-0.25, -0.2) is 0 Å². The number of aromatic nitrogens is 2. The van der Waals surface area contributed by atoms with Gasteiger partial charge in [0.1, 0.15) is 0 Å². The number of hydrogen-bond donors (Lipinski definition) is 2. The molecule has 5 nitrogen and oxygen atoms in total. The van der Waals surface area contributed by atoms with E-state index < -0.39 is 5.54 Å². The highest BCUT2D eigenvalue weighted by atomic mass is 35.5. The highest BCUT2D eigenvalue weighted by molar-refractivity contribution is 5.88. The molecule has 0 aromatic carbocycles. The SMILES string of the molecule is Cc1nn(C)c(C)c1CNC(=O)C1(N)CC1.Cl. The number of nitrogens with two attached hydrogens (primary N) is 1. The van der Waals surface area contributed by atoms with Crippen LogP contribution in [0.5, 0.6) is 0 Å². The molecule has 1 aromatic heterocycles. The van der Waals surface area contributed by atoms with Crippen LogP contribution in [0, 0.1) is 13.8 Å². The van der Waals surface area contributed by atoms with Crippen LogP contribution in [-0.2, 0) is 18.4 Å². The first-order chi connectivity index (χ1) is 7.44. The molecule has 6 heteroatoms. The van der Waals surface area contributed by atoms with Crippen LogP contribution in [0.3, 0.4) is 0 Å². The van der Waals surface area contributed by atoms with Crippen LogP contribution in [0.2, 0.25) is 0 Å². The Balaban J connectivity index is 0.00000144. The molecular weight excluding hydrogens is 240 g/mol. The molecule has 2 rings (SSSR count). The first kappa shape index (κ1) is 14.0. The number of carbonyl (C=O) groups is 1. The van der Waals surface area contributed by atoms with Gasteiger partial charge < -0.3 is 11.1 Å². The van der Waals surface area contributed by atoms with Crippen LogP contribution in [0.4, 0.5) is 0 Å². The van der Waals surface area contributed by atoms with Gasteiger partial charge in [0.05, 0.1) is 11.2 Å². The number of rotatable bonds is 3. The number of hydrogen-bond acceptors (Lipinski definition) is 3. The minimum atomic E-state index is -0.593. The molecule has 0 atom stereocenters. The normalized spacial score (nSPS) is 16.2. The summed E-state index contributed by atoms with van der Waals surface area (Å²) in [6.07, 6.45) is 1.59. The second-order valence-corrected chi connectivity index (χ2v) is 4.61. The molecule has 1 aliphatic carbocycles. The van der Waals surface area contributed by atoms with Gasteiger partial charge in [0, 0.05) is 24.8 Å².